The number of aromatic nitrogens is 3. The fraction of sp³-hybridized carbons (Fsp3) is 0.0408. The number of allylic oxidation sites excluding steroid dienone is 1. The Balaban J connectivity index is 1.11. The van der Waals surface area contributed by atoms with Crippen LogP contribution in [0.5, 0.6) is 0 Å². The van der Waals surface area contributed by atoms with Gasteiger partial charge in [-0.2, -0.15) is 0 Å². The van der Waals surface area contributed by atoms with Crippen LogP contribution >= 0.6 is 0 Å². The van der Waals surface area contributed by atoms with Gasteiger partial charge in [-0.25, -0.2) is 15.0 Å². The summed E-state index contributed by atoms with van der Waals surface area (Å²) in [7, 11) is 0. The Morgan fingerprint density at radius 3 is 1.93 bits per heavy atom. The fourth-order valence-corrected chi connectivity index (χ4v) is 7.95. The van der Waals surface area contributed by atoms with Gasteiger partial charge in [-0.1, -0.05) is 140 Å². The second kappa shape index (κ2) is 12.2. The van der Waals surface area contributed by atoms with Gasteiger partial charge in [0.25, 0.3) is 0 Å². The first kappa shape index (κ1) is 30.5. The van der Waals surface area contributed by atoms with Crippen LogP contribution in [0.1, 0.15) is 22.8 Å². The molecule has 10 aromatic rings. The van der Waals surface area contributed by atoms with Crippen molar-refractivity contribution < 1.29 is 8.83 Å². The molecule has 0 amide bonds. The van der Waals surface area contributed by atoms with E-state index >= 15 is 0 Å². The van der Waals surface area contributed by atoms with Crippen molar-refractivity contribution in [3.63, 3.8) is 0 Å². The van der Waals surface area contributed by atoms with E-state index in [4.69, 9.17) is 23.8 Å². The molecule has 1 aliphatic carbocycles. The van der Waals surface area contributed by atoms with Crippen LogP contribution in [0.4, 0.5) is 0 Å². The molecule has 0 saturated heterocycles. The number of nitrogens with zero attached hydrogens (tertiary/aromatic N) is 3. The summed E-state index contributed by atoms with van der Waals surface area (Å²) in [6.45, 7) is 0. The molecular formula is C49H31N3O2. The van der Waals surface area contributed by atoms with Crippen LogP contribution in [0.15, 0.2) is 173 Å². The lowest BCUT2D eigenvalue weighted by molar-refractivity contribution is 0.532. The number of rotatable bonds is 5. The largest absolute Gasteiger partial charge is 0.460 e. The van der Waals surface area contributed by atoms with Crippen LogP contribution in [0.25, 0.3) is 95.0 Å². The highest BCUT2D eigenvalue weighted by atomic mass is 16.3. The maximum Gasteiger partial charge on any atom is 0.164 e. The van der Waals surface area contributed by atoms with Crippen LogP contribution in [0.2, 0.25) is 0 Å². The van der Waals surface area contributed by atoms with E-state index in [0.717, 1.165) is 89.4 Å². The normalized spacial score (nSPS) is 14.0. The zero-order valence-corrected chi connectivity index (χ0v) is 29.1. The third kappa shape index (κ3) is 5.13. The highest BCUT2D eigenvalue weighted by Crippen LogP contribution is 2.42. The van der Waals surface area contributed by atoms with Crippen molar-refractivity contribution in [1.29, 1.82) is 0 Å². The molecule has 3 aromatic heterocycles. The van der Waals surface area contributed by atoms with E-state index in [2.05, 4.69) is 140 Å². The van der Waals surface area contributed by atoms with Crippen molar-refractivity contribution in [2.75, 3.05) is 0 Å². The lowest BCUT2D eigenvalue weighted by Gasteiger charge is -2.18. The molecule has 1 aliphatic rings. The zero-order chi connectivity index (χ0) is 35.6. The molecule has 0 bridgehead atoms. The van der Waals surface area contributed by atoms with Gasteiger partial charge in [0, 0.05) is 50.8 Å². The molecule has 254 valence electrons. The number of benzene rings is 7. The number of furan rings is 2. The van der Waals surface area contributed by atoms with Gasteiger partial charge in [0.15, 0.2) is 17.5 Å². The molecule has 0 spiro atoms. The first-order valence-electron chi connectivity index (χ1n) is 18.3. The van der Waals surface area contributed by atoms with Crippen LogP contribution in [-0.4, -0.2) is 15.0 Å². The minimum Gasteiger partial charge on any atom is -0.460 e. The Labute approximate surface area is 310 Å². The van der Waals surface area contributed by atoms with E-state index in [-0.39, 0.29) is 5.92 Å². The standard InChI is InChI=1S/C49H31N3O2/c1-2-10-30(11-3-1)32-18-21-33(22-19-32)47-50-48(36-23-20-31-12-4-5-13-34(31)26-36)52-49(51-47)41-27-37(29-45-46(41)40-15-7-9-17-43(40)54-45)35-24-25-39-38-14-6-8-16-42(38)53-44(39)28-35/h1-27,29,35H,28H2. The predicted octanol–water partition coefficient (Wildman–Crippen LogP) is 12.7. The Bertz CT molecular complexity index is 3080. The van der Waals surface area contributed by atoms with Crippen molar-refractivity contribution in [1.82, 2.24) is 15.0 Å². The molecule has 0 saturated carbocycles. The summed E-state index contributed by atoms with van der Waals surface area (Å²) in [6.07, 6.45) is 5.23. The van der Waals surface area contributed by atoms with E-state index in [9.17, 15) is 0 Å². The summed E-state index contributed by atoms with van der Waals surface area (Å²) >= 11 is 0. The van der Waals surface area contributed by atoms with Gasteiger partial charge in [0.05, 0.1) is 0 Å². The molecule has 5 nitrogen and oxygen atoms in total. The molecule has 1 atom stereocenters. The van der Waals surface area contributed by atoms with Crippen molar-refractivity contribution >= 4 is 49.8 Å². The van der Waals surface area contributed by atoms with E-state index in [1.54, 1.807) is 0 Å². The molecule has 7 aromatic carbocycles. The van der Waals surface area contributed by atoms with Crippen molar-refractivity contribution in [3.8, 4) is 45.3 Å². The lowest BCUT2D eigenvalue weighted by atomic mass is 9.86. The third-order valence-corrected chi connectivity index (χ3v) is 10.7. The lowest BCUT2D eigenvalue weighted by Crippen LogP contribution is -2.05. The second-order valence-corrected chi connectivity index (χ2v) is 14.0. The molecule has 5 heteroatoms. The smallest absolute Gasteiger partial charge is 0.164 e. The first-order chi connectivity index (χ1) is 26.7. The van der Waals surface area contributed by atoms with Gasteiger partial charge >= 0.3 is 0 Å². The molecular weight excluding hydrogens is 663 g/mol. The number of fused-ring (bicyclic) bond motifs is 7. The summed E-state index contributed by atoms with van der Waals surface area (Å²) in [6, 6.07) is 54.5. The average Bonchev–Trinajstić information content (AvgIpc) is 3.81. The number of hydrogen-bond acceptors (Lipinski definition) is 5. The molecule has 0 radical (unpaired) electrons. The van der Waals surface area contributed by atoms with Crippen LogP contribution in [0, 0.1) is 0 Å². The maximum absolute atomic E-state index is 6.58. The van der Waals surface area contributed by atoms with Gasteiger partial charge in [-0.3, -0.25) is 0 Å². The quantitative estimate of drug-likeness (QED) is 0.179. The summed E-state index contributed by atoms with van der Waals surface area (Å²) in [4.78, 5) is 15.6. The summed E-state index contributed by atoms with van der Waals surface area (Å²) in [5.74, 6) is 2.89. The monoisotopic (exact) mass is 693 g/mol. The SMILES string of the molecule is C1=CC(c2cc(-c3nc(-c4ccc(-c5ccccc5)cc4)nc(-c4ccc5ccccc5c4)n3)c3c(c2)oc2ccccc23)Cc2oc3ccccc3c21. The molecule has 0 fully saturated rings. The van der Waals surface area contributed by atoms with E-state index in [0.29, 0.717) is 17.5 Å². The minimum absolute atomic E-state index is 0.0706. The second-order valence-electron chi connectivity index (χ2n) is 14.0. The van der Waals surface area contributed by atoms with Gasteiger partial charge in [0.1, 0.15) is 22.5 Å². The average molecular weight is 694 g/mol. The molecule has 3 heterocycles. The minimum atomic E-state index is 0.0706. The van der Waals surface area contributed by atoms with Crippen LogP contribution in [-0.2, 0) is 6.42 Å². The van der Waals surface area contributed by atoms with Crippen molar-refractivity contribution in [2.45, 2.75) is 12.3 Å². The Morgan fingerprint density at radius 2 is 1.09 bits per heavy atom. The van der Waals surface area contributed by atoms with Crippen molar-refractivity contribution in [2.24, 2.45) is 0 Å². The number of hydrogen-bond donors (Lipinski definition) is 0. The summed E-state index contributed by atoms with van der Waals surface area (Å²) in [5.41, 5.74) is 9.85. The maximum atomic E-state index is 6.58. The van der Waals surface area contributed by atoms with E-state index < -0.39 is 0 Å². The van der Waals surface area contributed by atoms with Crippen LogP contribution < -0.4 is 0 Å². The highest BCUT2D eigenvalue weighted by Gasteiger charge is 2.25. The Kier molecular flexibility index (Phi) is 6.92. The first-order valence-corrected chi connectivity index (χ1v) is 18.3. The molecule has 54 heavy (non-hydrogen) atoms. The molecule has 0 aliphatic heterocycles. The highest BCUT2D eigenvalue weighted by molar-refractivity contribution is 6.12. The number of para-hydroxylation sites is 2. The topological polar surface area (TPSA) is 65.0 Å². The van der Waals surface area contributed by atoms with Crippen LogP contribution in [0.3, 0.4) is 0 Å². The predicted molar refractivity (Wildman–Crippen MR) is 218 cm³/mol. The van der Waals surface area contributed by atoms with Gasteiger partial charge < -0.3 is 8.83 Å². The molecule has 11 rings (SSSR count). The van der Waals surface area contributed by atoms with Gasteiger partial charge in [-0.05, 0) is 57.8 Å². The third-order valence-electron chi connectivity index (χ3n) is 10.7. The van der Waals surface area contributed by atoms with Crippen molar-refractivity contribution in [3.05, 3.63) is 181 Å². The molecule has 1 unspecified atom stereocenters. The van der Waals surface area contributed by atoms with Gasteiger partial charge in [-0.15, -0.1) is 0 Å². The zero-order valence-electron chi connectivity index (χ0n) is 29.1. The summed E-state index contributed by atoms with van der Waals surface area (Å²) < 4.78 is 13.0. The Hall–Kier alpha value is -7.11. The Morgan fingerprint density at radius 1 is 0.463 bits per heavy atom. The van der Waals surface area contributed by atoms with E-state index in [1.165, 1.54) is 5.39 Å². The summed E-state index contributed by atoms with van der Waals surface area (Å²) in [5, 5.41) is 5.45. The fourth-order valence-electron chi connectivity index (χ4n) is 7.95. The van der Waals surface area contributed by atoms with E-state index in [1.807, 2.05) is 30.3 Å². The van der Waals surface area contributed by atoms with Gasteiger partial charge in [0.2, 0.25) is 0 Å². The molecule has 0 N–H and O–H groups in total.